The van der Waals surface area contributed by atoms with Crippen LogP contribution in [-0.4, -0.2) is 32.1 Å². The predicted octanol–water partition coefficient (Wildman–Crippen LogP) is 2.80. The lowest BCUT2D eigenvalue weighted by Gasteiger charge is -2.37. The van der Waals surface area contributed by atoms with Crippen molar-refractivity contribution in [2.24, 2.45) is 0 Å². The highest BCUT2D eigenvalue weighted by atomic mass is 28.4. The molecule has 0 saturated heterocycles. The first kappa shape index (κ1) is 18.4. The molecule has 0 amide bonds. The standard InChI is InChI=1S/C16H29BO3Si/c1-12-10-14(17(18)19)8-9-15(12)13(2)11-20-21(6,7)16(3,4)5/h8-10,13,18-19H,11H2,1-7H3/t13-/m0/s1. The molecule has 21 heavy (non-hydrogen) atoms. The fourth-order valence-electron chi connectivity index (χ4n) is 2.05. The second-order valence-electron chi connectivity index (χ2n) is 7.46. The highest BCUT2D eigenvalue weighted by Gasteiger charge is 2.37. The average molecular weight is 308 g/mol. The zero-order valence-electron chi connectivity index (χ0n) is 14.4. The van der Waals surface area contributed by atoms with Crippen molar-refractivity contribution in [1.29, 1.82) is 0 Å². The lowest BCUT2D eigenvalue weighted by atomic mass is 9.78. The van der Waals surface area contributed by atoms with Crippen molar-refractivity contribution in [2.75, 3.05) is 6.61 Å². The molecule has 1 aromatic rings. The van der Waals surface area contributed by atoms with Gasteiger partial charge in [0.1, 0.15) is 0 Å². The van der Waals surface area contributed by atoms with E-state index in [9.17, 15) is 10.0 Å². The van der Waals surface area contributed by atoms with Crippen LogP contribution < -0.4 is 5.46 Å². The molecule has 5 heteroatoms. The Morgan fingerprint density at radius 2 is 1.81 bits per heavy atom. The highest BCUT2D eigenvalue weighted by Crippen LogP contribution is 2.37. The summed E-state index contributed by atoms with van der Waals surface area (Å²) in [5, 5.41) is 18.6. The quantitative estimate of drug-likeness (QED) is 0.822. The fraction of sp³-hybridized carbons (Fsp3) is 0.625. The molecule has 0 heterocycles. The Hall–Kier alpha value is -0.618. The van der Waals surface area contributed by atoms with Crippen LogP contribution in [0.15, 0.2) is 18.2 Å². The summed E-state index contributed by atoms with van der Waals surface area (Å²) in [5.41, 5.74) is 2.82. The fourth-order valence-corrected chi connectivity index (χ4v) is 3.15. The van der Waals surface area contributed by atoms with Gasteiger partial charge in [0.15, 0.2) is 8.32 Å². The molecule has 1 aromatic carbocycles. The van der Waals surface area contributed by atoms with Crippen LogP contribution >= 0.6 is 0 Å². The van der Waals surface area contributed by atoms with Crippen molar-refractivity contribution in [3.05, 3.63) is 29.3 Å². The summed E-state index contributed by atoms with van der Waals surface area (Å²) in [4.78, 5) is 0. The van der Waals surface area contributed by atoms with Gasteiger partial charge in [-0.25, -0.2) is 0 Å². The molecule has 0 radical (unpaired) electrons. The summed E-state index contributed by atoms with van der Waals surface area (Å²) >= 11 is 0. The van der Waals surface area contributed by atoms with E-state index in [0.29, 0.717) is 18.0 Å². The Balaban J connectivity index is 2.79. The molecular formula is C16H29BO3Si. The summed E-state index contributed by atoms with van der Waals surface area (Å²) in [5.74, 6) is 0.295. The Morgan fingerprint density at radius 3 is 2.24 bits per heavy atom. The molecule has 3 nitrogen and oxygen atoms in total. The van der Waals surface area contributed by atoms with E-state index in [0.717, 1.165) is 5.56 Å². The molecule has 0 aliphatic rings. The SMILES string of the molecule is Cc1cc(B(O)O)ccc1[C@@H](C)CO[Si](C)(C)C(C)(C)C. The van der Waals surface area contributed by atoms with Gasteiger partial charge in [-0.15, -0.1) is 0 Å². The van der Waals surface area contributed by atoms with Gasteiger partial charge >= 0.3 is 7.12 Å². The number of rotatable bonds is 5. The molecule has 0 saturated carbocycles. The Morgan fingerprint density at radius 1 is 1.24 bits per heavy atom. The average Bonchev–Trinajstić information content (AvgIpc) is 2.34. The van der Waals surface area contributed by atoms with Gasteiger partial charge in [0.25, 0.3) is 0 Å². The number of aryl methyl sites for hydroxylation is 1. The summed E-state index contributed by atoms with van der Waals surface area (Å²) in [6.45, 7) is 16.1. The molecule has 0 bridgehead atoms. The molecular weight excluding hydrogens is 279 g/mol. The van der Waals surface area contributed by atoms with Crippen molar-refractivity contribution in [3.63, 3.8) is 0 Å². The molecule has 0 aromatic heterocycles. The summed E-state index contributed by atoms with van der Waals surface area (Å²) in [7, 11) is -3.13. The van der Waals surface area contributed by atoms with Crippen LogP contribution in [0, 0.1) is 6.92 Å². The molecule has 1 atom stereocenters. The van der Waals surface area contributed by atoms with E-state index in [1.807, 2.05) is 19.1 Å². The summed E-state index contributed by atoms with van der Waals surface area (Å²) < 4.78 is 6.28. The maximum atomic E-state index is 9.21. The lowest BCUT2D eigenvalue weighted by Crippen LogP contribution is -2.41. The zero-order valence-corrected chi connectivity index (χ0v) is 15.4. The maximum absolute atomic E-state index is 9.21. The molecule has 2 N–H and O–H groups in total. The second kappa shape index (κ2) is 6.65. The molecule has 0 unspecified atom stereocenters. The van der Waals surface area contributed by atoms with Crippen LogP contribution in [0.4, 0.5) is 0 Å². The van der Waals surface area contributed by atoms with Crippen LogP contribution in [-0.2, 0) is 4.43 Å². The minimum absolute atomic E-state index is 0.215. The largest absolute Gasteiger partial charge is 0.488 e. The maximum Gasteiger partial charge on any atom is 0.488 e. The zero-order chi connectivity index (χ0) is 16.4. The first-order chi connectivity index (χ1) is 9.45. The van der Waals surface area contributed by atoms with Crippen LogP contribution in [0.25, 0.3) is 0 Å². The summed E-state index contributed by atoms with van der Waals surface area (Å²) in [6, 6.07) is 5.59. The van der Waals surface area contributed by atoms with Crippen LogP contribution in [0.2, 0.25) is 18.1 Å². The van der Waals surface area contributed by atoms with Gasteiger partial charge in [-0.1, -0.05) is 45.9 Å². The smallest absolute Gasteiger partial charge is 0.423 e. The van der Waals surface area contributed by atoms with Gasteiger partial charge in [-0.3, -0.25) is 0 Å². The number of hydrogen-bond donors (Lipinski definition) is 2. The van der Waals surface area contributed by atoms with E-state index >= 15 is 0 Å². The molecule has 1 rings (SSSR count). The van der Waals surface area contributed by atoms with Crippen molar-refractivity contribution in [3.8, 4) is 0 Å². The van der Waals surface area contributed by atoms with E-state index in [4.69, 9.17) is 4.43 Å². The number of hydrogen-bond acceptors (Lipinski definition) is 3. The Bertz CT molecular complexity index is 481. The third-order valence-corrected chi connectivity index (χ3v) is 9.12. The van der Waals surface area contributed by atoms with Gasteiger partial charge in [0.05, 0.1) is 0 Å². The first-order valence-electron chi connectivity index (χ1n) is 7.56. The minimum atomic E-state index is -1.73. The molecule has 0 fully saturated rings. The first-order valence-corrected chi connectivity index (χ1v) is 10.5. The third kappa shape index (κ3) is 4.68. The van der Waals surface area contributed by atoms with E-state index in [2.05, 4.69) is 40.8 Å². The van der Waals surface area contributed by atoms with Gasteiger partial charge in [-0.05, 0) is 41.6 Å². The highest BCUT2D eigenvalue weighted by molar-refractivity contribution is 6.74. The van der Waals surface area contributed by atoms with Gasteiger partial charge in [-0.2, -0.15) is 0 Å². The second-order valence-corrected chi connectivity index (χ2v) is 12.3. The van der Waals surface area contributed by atoms with Crippen LogP contribution in [0.3, 0.4) is 0 Å². The number of benzene rings is 1. The van der Waals surface area contributed by atoms with Gasteiger partial charge < -0.3 is 14.5 Å². The van der Waals surface area contributed by atoms with E-state index in [1.54, 1.807) is 6.07 Å². The van der Waals surface area contributed by atoms with Gasteiger partial charge in [0.2, 0.25) is 0 Å². The monoisotopic (exact) mass is 308 g/mol. The van der Waals surface area contributed by atoms with Gasteiger partial charge in [0, 0.05) is 12.5 Å². The van der Waals surface area contributed by atoms with Crippen LogP contribution in [0.1, 0.15) is 44.7 Å². The molecule has 118 valence electrons. The Labute approximate surface area is 130 Å². The third-order valence-electron chi connectivity index (χ3n) is 4.62. The van der Waals surface area contributed by atoms with Crippen molar-refractivity contribution >= 4 is 20.9 Å². The topological polar surface area (TPSA) is 49.7 Å². The van der Waals surface area contributed by atoms with E-state index in [1.165, 1.54) is 5.56 Å². The van der Waals surface area contributed by atoms with E-state index < -0.39 is 15.4 Å². The molecule has 0 aliphatic heterocycles. The Kier molecular flexibility index (Phi) is 5.84. The lowest BCUT2D eigenvalue weighted by molar-refractivity contribution is 0.269. The van der Waals surface area contributed by atoms with Crippen LogP contribution in [0.5, 0.6) is 0 Å². The molecule has 0 aliphatic carbocycles. The van der Waals surface area contributed by atoms with Crippen molar-refractivity contribution < 1.29 is 14.5 Å². The van der Waals surface area contributed by atoms with Crippen molar-refractivity contribution in [2.45, 2.75) is 58.7 Å². The van der Waals surface area contributed by atoms with Crippen molar-refractivity contribution in [1.82, 2.24) is 0 Å². The van der Waals surface area contributed by atoms with E-state index in [-0.39, 0.29) is 5.04 Å². The molecule has 0 spiro atoms. The predicted molar refractivity (Wildman–Crippen MR) is 92.6 cm³/mol. The summed E-state index contributed by atoms with van der Waals surface area (Å²) in [6.07, 6.45) is 0. The normalized spacial score (nSPS) is 14.1. The minimum Gasteiger partial charge on any atom is -0.423 e.